The molecule has 7 heteroatoms. The zero-order chi connectivity index (χ0) is 10.3. The van der Waals surface area contributed by atoms with E-state index in [1.807, 2.05) is 0 Å². The molecular formula is C6H8O6S. The summed E-state index contributed by atoms with van der Waals surface area (Å²) in [6, 6.07) is 0. The first-order chi connectivity index (χ1) is 6.02. The Bertz CT molecular complexity index is 213. The number of carboxylic acid groups (broad SMARTS) is 2. The van der Waals surface area contributed by atoms with Crippen LogP contribution in [0.1, 0.15) is 0 Å². The van der Waals surface area contributed by atoms with Gasteiger partial charge in [-0.25, -0.2) is 4.79 Å². The number of rotatable bonds is 6. The van der Waals surface area contributed by atoms with Crippen molar-refractivity contribution in [1.82, 2.24) is 0 Å². The highest BCUT2D eigenvalue weighted by Gasteiger charge is 2.07. The number of ether oxygens (including phenoxy) is 1. The van der Waals surface area contributed by atoms with Gasteiger partial charge in [0.1, 0.15) is 13.2 Å². The molecule has 0 saturated heterocycles. The minimum absolute atomic E-state index is 0.338. The summed E-state index contributed by atoms with van der Waals surface area (Å²) >= 11 is 0.580. The average Bonchev–Trinajstić information content (AvgIpc) is 2.00. The zero-order valence-corrected chi connectivity index (χ0v) is 7.37. The smallest absolute Gasteiger partial charge is 0.329 e. The highest BCUT2D eigenvalue weighted by molar-refractivity contribution is 8.14. The van der Waals surface area contributed by atoms with Gasteiger partial charge in [0.2, 0.25) is 5.12 Å². The molecule has 2 N–H and O–H groups in total. The molecule has 0 aliphatic rings. The molecule has 0 radical (unpaired) electrons. The van der Waals surface area contributed by atoms with Crippen molar-refractivity contribution in [2.24, 2.45) is 0 Å². The number of carbonyl (C=O) groups excluding carboxylic acids is 1. The van der Waals surface area contributed by atoms with Gasteiger partial charge in [0.05, 0.1) is 5.75 Å². The Morgan fingerprint density at radius 1 is 1.08 bits per heavy atom. The maximum Gasteiger partial charge on any atom is 0.329 e. The Morgan fingerprint density at radius 2 is 1.69 bits per heavy atom. The highest BCUT2D eigenvalue weighted by atomic mass is 32.2. The van der Waals surface area contributed by atoms with E-state index in [1.165, 1.54) is 0 Å². The monoisotopic (exact) mass is 208 g/mol. The van der Waals surface area contributed by atoms with Crippen molar-refractivity contribution in [1.29, 1.82) is 0 Å². The summed E-state index contributed by atoms with van der Waals surface area (Å²) in [5, 5.41) is 15.8. The van der Waals surface area contributed by atoms with E-state index in [0.717, 1.165) is 0 Å². The molecule has 13 heavy (non-hydrogen) atoms. The van der Waals surface area contributed by atoms with Crippen molar-refractivity contribution >= 4 is 28.8 Å². The fourth-order valence-corrected chi connectivity index (χ4v) is 0.857. The van der Waals surface area contributed by atoms with Crippen molar-refractivity contribution in [3.8, 4) is 0 Å². The van der Waals surface area contributed by atoms with Crippen LogP contribution in [0.25, 0.3) is 0 Å². The van der Waals surface area contributed by atoms with Crippen molar-refractivity contribution in [2.45, 2.75) is 0 Å². The van der Waals surface area contributed by atoms with Crippen LogP contribution in [0.4, 0.5) is 0 Å². The summed E-state index contributed by atoms with van der Waals surface area (Å²) in [5.74, 6) is -2.61. The minimum atomic E-state index is -1.17. The van der Waals surface area contributed by atoms with Crippen LogP contribution in [0.5, 0.6) is 0 Å². The lowest BCUT2D eigenvalue weighted by atomic mass is 10.7. The summed E-state index contributed by atoms with van der Waals surface area (Å²) in [5.41, 5.74) is 0. The second kappa shape index (κ2) is 6.44. The Hall–Kier alpha value is -1.08. The standard InChI is InChI=1S/C6H8O6S/c7-4(8)1-12-2-6(11)13-3-5(9)10/h1-3H2,(H,7,8)(H,9,10). The van der Waals surface area contributed by atoms with Crippen LogP contribution in [0.2, 0.25) is 0 Å². The predicted molar refractivity (Wildman–Crippen MR) is 43.6 cm³/mol. The zero-order valence-electron chi connectivity index (χ0n) is 6.56. The van der Waals surface area contributed by atoms with E-state index in [4.69, 9.17) is 10.2 Å². The Kier molecular flexibility index (Phi) is 5.90. The van der Waals surface area contributed by atoms with Gasteiger partial charge in [-0.3, -0.25) is 9.59 Å². The lowest BCUT2D eigenvalue weighted by Crippen LogP contribution is -2.13. The van der Waals surface area contributed by atoms with E-state index < -0.39 is 23.7 Å². The molecule has 0 bridgehead atoms. The molecule has 0 spiro atoms. The molecule has 6 nitrogen and oxygen atoms in total. The molecule has 0 saturated carbocycles. The second-order valence-electron chi connectivity index (χ2n) is 1.94. The van der Waals surface area contributed by atoms with Gasteiger partial charge in [0, 0.05) is 0 Å². The Morgan fingerprint density at radius 3 is 2.15 bits per heavy atom. The molecule has 0 aromatic heterocycles. The highest BCUT2D eigenvalue weighted by Crippen LogP contribution is 2.01. The number of carboxylic acids is 2. The lowest BCUT2D eigenvalue weighted by Gasteiger charge is -1.98. The van der Waals surface area contributed by atoms with Crippen LogP contribution >= 0.6 is 11.8 Å². The molecule has 0 heterocycles. The summed E-state index contributed by atoms with van der Waals surface area (Å²) in [4.78, 5) is 30.6. The van der Waals surface area contributed by atoms with Crippen LogP contribution in [-0.4, -0.2) is 46.2 Å². The first kappa shape index (κ1) is 11.9. The average molecular weight is 208 g/mol. The Labute approximate surface area is 77.9 Å². The van der Waals surface area contributed by atoms with E-state index in [9.17, 15) is 14.4 Å². The van der Waals surface area contributed by atoms with Gasteiger partial charge >= 0.3 is 11.9 Å². The predicted octanol–water partition coefficient (Wildman–Crippen LogP) is -0.568. The van der Waals surface area contributed by atoms with E-state index in [-0.39, 0.29) is 12.4 Å². The van der Waals surface area contributed by atoms with E-state index >= 15 is 0 Å². The van der Waals surface area contributed by atoms with Crippen LogP contribution in [0.15, 0.2) is 0 Å². The van der Waals surface area contributed by atoms with Gasteiger partial charge < -0.3 is 14.9 Å². The van der Waals surface area contributed by atoms with Crippen LogP contribution in [0.3, 0.4) is 0 Å². The second-order valence-corrected chi connectivity index (χ2v) is 2.97. The molecule has 0 aliphatic carbocycles. The normalized spacial score (nSPS) is 9.54. The number of hydrogen-bond acceptors (Lipinski definition) is 5. The van der Waals surface area contributed by atoms with Crippen molar-refractivity contribution in [3.63, 3.8) is 0 Å². The van der Waals surface area contributed by atoms with Crippen LogP contribution < -0.4 is 0 Å². The van der Waals surface area contributed by atoms with Crippen LogP contribution in [0, 0.1) is 0 Å². The topological polar surface area (TPSA) is 101 Å². The summed E-state index contributed by atoms with van der Waals surface area (Å²) in [6.45, 7) is -0.941. The first-order valence-electron chi connectivity index (χ1n) is 3.19. The maximum absolute atomic E-state index is 10.7. The summed E-state index contributed by atoms with van der Waals surface area (Å²) in [6.07, 6.45) is 0. The third-order valence-corrected chi connectivity index (χ3v) is 1.63. The molecule has 0 rings (SSSR count). The van der Waals surface area contributed by atoms with Crippen LogP contribution in [-0.2, 0) is 19.1 Å². The van der Waals surface area contributed by atoms with E-state index in [1.54, 1.807) is 0 Å². The molecule has 0 aromatic carbocycles. The van der Waals surface area contributed by atoms with Crippen molar-refractivity contribution < 1.29 is 29.3 Å². The minimum Gasteiger partial charge on any atom is -0.481 e. The van der Waals surface area contributed by atoms with Gasteiger partial charge in [-0.15, -0.1) is 0 Å². The molecule has 0 atom stereocenters. The molecule has 0 aliphatic heterocycles. The van der Waals surface area contributed by atoms with Gasteiger partial charge in [-0.05, 0) is 0 Å². The van der Waals surface area contributed by atoms with Gasteiger partial charge in [0.15, 0.2) is 0 Å². The number of carbonyl (C=O) groups is 3. The van der Waals surface area contributed by atoms with Gasteiger partial charge in [-0.1, -0.05) is 11.8 Å². The molecular weight excluding hydrogens is 200 g/mol. The lowest BCUT2D eigenvalue weighted by molar-refractivity contribution is -0.142. The quantitative estimate of drug-likeness (QED) is 0.602. The fourth-order valence-electron chi connectivity index (χ4n) is 0.406. The molecule has 0 aromatic rings. The SMILES string of the molecule is O=C(O)COCC(=O)SCC(=O)O. The molecule has 74 valence electrons. The van der Waals surface area contributed by atoms with Crippen molar-refractivity contribution in [2.75, 3.05) is 19.0 Å². The summed E-state index contributed by atoms with van der Waals surface area (Å²) in [7, 11) is 0. The molecule has 0 amide bonds. The first-order valence-corrected chi connectivity index (χ1v) is 4.18. The van der Waals surface area contributed by atoms with Gasteiger partial charge in [-0.2, -0.15) is 0 Å². The summed E-state index contributed by atoms with van der Waals surface area (Å²) < 4.78 is 4.43. The van der Waals surface area contributed by atoms with E-state index in [2.05, 4.69) is 4.74 Å². The number of hydrogen-bond donors (Lipinski definition) is 2. The number of thioether (sulfide) groups is 1. The maximum atomic E-state index is 10.7. The van der Waals surface area contributed by atoms with Crippen molar-refractivity contribution in [3.05, 3.63) is 0 Å². The fraction of sp³-hybridized carbons (Fsp3) is 0.500. The van der Waals surface area contributed by atoms with Gasteiger partial charge in [0.25, 0.3) is 0 Å². The largest absolute Gasteiger partial charge is 0.481 e. The third-order valence-electron chi connectivity index (χ3n) is 0.802. The molecule has 0 fully saturated rings. The third kappa shape index (κ3) is 8.83. The van der Waals surface area contributed by atoms with E-state index in [0.29, 0.717) is 11.8 Å². The number of aliphatic carboxylic acids is 2. The molecule has 0 unspecified atom stereocenters. The Balaban J connectivity index is 3.41.